The molecule has 0 N–H and O–H groups in total. The van der Waals surface area contributed by atoms with Crippen LogP contribution >= 0.6 is 0 Å². The van der Waals surface area contributed by atoms with Crippen molar-refractivity contribution in [3.63, 3.8) is 0 Å². The van der Waals surface area contributed by atoms with Crippen LogP contribution in [0.15, 0.2) is 54.6 Å². The van der Waals surface area contributed by atoms with E-state index in [1.165, 1.54) is 7.11 Å². The monoisotopic (exact) mass is 340 g/mol. The third-order valence-electron chi connectivity index (χ3n) is 3.91. The van der Waals surface area contributed by atoms with E-state index in [2.05, 4.69) is 0 Å². The molecule has 0 amide bonds. The largest absolute Gasteiger partial charge is 0.497 e. The van der Waals surface area contributed by atoms with Crippen molar-refractivity contribution in [2.24, 2.45) is 5.92 Å². The predicted octanol–water partition coefficient (Wildman–Crippen LogP) is 3.33. The smallest absolute Gasteiger partial charge is 0.309 e. The average molecular weight is 340 g/mol. The van der Waals surface area contributed by atoms with Gasteiger partial charge in [0.15, 0.2) is 11.6 Å². The molecule has 0 aliphatic rings. The average Bonchev–Trinajstić information content (AvgIpc) is 2.67. The molecular formula is C20H20O5. The zero-order valence-corrected chi connectivity index (χ0v) is 14.2. The molecule has 0 saturated carbocycles. The van der Waals surface area contributed by atoms with Crippen LogP contribution in [0.3, 0.4) is 0 Å². The maximum absolute atomic E-state index is 12.4. The molecule has 0 aromatic heterocycles. The van der Waals surface area contributed by atoms with Gasteiger partial charge in [-0.05, 0) is 24.3 Å². The van der Waals surface area contributed by atoms with Gasteiger partial charge in [-0.2, -0.15) is 0 Å². The van der Waals surface area contributed by atoms with Gasteiger partial charge in [-0.3, -0.25) is 14.4 Å². The first-order valence-electron chi connectivity index (χ1n) is 7.88. The summed E-state index contributed by atoms with van der Waals surface area (Å²) in [6, 6.07) is 15.3. The lowest BCUT2D eigenvalue weighted by atomic mass is 9.91. The van der Waals surface area contributed by atoms with Crippen molar-refractivity contribution < 1.29 is 23.9 Å². The number of methoxy groups -OCH3 is 2. The van der Waals surface area contributed by atoms with Crippen molar-refractivity contribution in [1.29, 1.82) is 0 Å². The minimum absolute atomic E-state index is 0.0709. The van der Waals surface area contributed by atoms with E-state index in [0.29, 0.717) is 16.9 Å². The van der Waals surface area contributed by atoms with E-state index in [1.54, 1.807) is 55.6 Å². The standard InChI is InChI=1S/C20H20O5/c1-24-17-10-8-15(9-11-17)19(22)13-16(20(23)25-2)12-18(21)14-6-4-3-5-7-14/h3-11,16H,12-13H2,1-2H3. The molecule has 2 aromatic rings. The van der Waals surface area contributed by atoms with Gasteiger partial charge in [0.2, 0.25) is 0 Å². The highest BCUT2D eigenvalue weighted by molar-refractivity contribution is 6.01. The molecule has 5 heteroatoms. The maximum Gasteiger partial charge on any atom is 0.309 e. The van der Waals surface area contributed by atoms with Crippen LogP contribution in [-0.2, 0) is 9.53 Å². The predicted molar refractivity (Wildman–Crippen MR) is 92.8 cm³/mol. The number of carbonyl (C=O) groups is 3. The van der Waals surface area contributed by atoms with E-state index in [0.717, 1.165) is 0 Å². The highest BCUT2D eigenvalue weighted by Gasteiger charge is 2.26. The Labute approximate surface area is 146 Å². The first kappa shape index (κ1) is 18.4. The topological polar surface area (TPSA) is 69.7 Å². The molecule has 0 aliphatic heterocycles. The molecule has 0 spiro atoms. The molecule has 0 radical (unpaired) electrons. The second-order valence-corrected chi connectivity index (χ2v) is 5.57. The number of rotatable bonds is 8. The third kappa shape index (κ3) is 5.01. The van der Waals surface area contributed by atoms with E-state index in [1.807, 2.05) is 6.07 Å². The Hall–Kier alpha value is -2.95. The van der Waals surface area contributed by atoms with Crippen molar-refractivity contribution in [3.8, 4) is 5.75 Å². The summed E-state index contributed by atoms with van der Waals surface area (Å²) in [5, 5.41) is 0. The van der Waals surface area contributed by atoms with Crippen LogP contribution < -0.4 is 4.74 Å². The van der Waals surface area contributed by atoms with Gasteiger partial charge in [-0.1, -0.05) is 30.3 Å². The lowest BCUT2D eigenvalue weighted by Crippen LogP contribution is -2.23. The van der Waals surface area contributed by atoms with Crippen LogP contribution in [0.4, 0.5) is 0 Å². The molecule has 1 atom stereocenters. The maximum atomic E-state index is 12.4. The van der Waals surface area contributed by atoms with Crippen LogP contribution in [0.1, 0.15) is 33.6 Å². The summed E-state index contributed by atoms with van der Waals surface area (Å²) in [6.07, 6.45) is -0.157. The highest BCUT2D eigenvalue weighted by atomic mass is 16.5. The highest BCUT2D eigenvalue weighted by Crippen LogP contribution is 2.20. The number of ketones is 2. The SMILES string of the molecule is COC(=O)C(CC(=O)c1ccccc1)CC(=O)c1ccc(OC)cc1. The Balaban J connectivity index is 2.10. The molecule has 5 nitrogen and oxygen atoms in total. The normalized spacial score (nSPS) is 11.4. The number of hydrogen-bond acceptors (Lipinski definition) is 5. The molecule has 2 rings (SSSR count). The number of esters is 1. The lowest BCUT2D eigenvalue weighted by molar-refractivity contribution is -0.145. The van der Waals surface area contributed by atoms with Crippen molar-refractivity contribution >= 4 is 17.5 Å². The lowest BCUT2D eigenvalue weighted by Gasteiger charge is -2.13. The molecule has 0 bridgehead atoms. The van der Waals surface area contributed by atoms with Gasteiger partial charge < -0.3 is 9.47 Å². The van der Waals surface area contributed by atoms with E-state index in [-0.39, 0.29) is 24.4 Å². The minimum atomic E-state index is -0.813. The number of carbonyl (C=O) groups excluding carboxylic acids is 3. The molecule has 0 saturated heterocycles. The molecule has 0 heterocycles. The zero-order chi connectivity index (χ0) is 18.2. The summed E-state index contributed by atoms with van der Waals surface area (Å²) in [5.74, 6) is -1.16. The minimum Gasteiger partial charge on any atom is -0.497 e. The van der Waals surface area contributed by atoms with Crippen LogP contribution in [0, 0.1) is 5.92 Å². The second-order valence-electron chi connectivity index (χ2n) is 5.57. The molecule has 130 valence electrons. The first-order chi connectivity index (χ1) is 12.0. The molecule has 0 fully saturated rings. The van der Waals surface area contributed by atoms with Gasteiger partial charge in [-0.15, -0.1) is 0 Å². The van der Waals surface area contributed by atoms with Crippen molar-refractivity contribution in [2.75, 3.05) is 14.2 Å². The van der Waals surface area contributed by atoms with Gasteiger partial charge in [-0.25, -0.2) is 0 Å². The fourth-order valence-electron chi connectivity index (χ4n) is 2.49. The Kier molecular flexibility index (Phi) is 6.46. The summed E-state index contributed by atoms with van der Waals surface area (Å²) in [7, 11) is 2.79. The second kappa shape index (κ2) is 8.78. The van der Waals surface area contributed by atoms with Crippen LogP contribution in [0.25, 0.3) is 0 Å². The number of hydrogen-bond donors (Lipinski definition) is 0. The van der Waals surface area contributed by atoms with Crippen molar-refractivity contribution in [2.45, 2.75) is 12.8 Å². The first-order valence-corrected chi connectivity index (χ1v) is 7.88. The number of benzene rings is 2. The number of ether oxygens (including phenoxy) is 2. The molecule has 25 heavy (non-hydrogen) atoms. The van der Waals surface area contributed by atoms with Gasteiger partial charge in [0.1, 0.15) is 5.75 Å². The van der Waals surface area contributed by atoms with Gasteiger partial charge in [0.05, 0.1) is 20.1 Å². The van der Waals surface area contributed by atoms with Crippen LogP contribution in [-0.4, -0.2) is 31.8 Å². The third-order valence-corrected chi connectivity index (χ3v) is 3.91. The van der Waals surface area contributed by atoms with E-state index < -0.39 is 11.9 Å². The fourth-order valence-corrected chi connectivity index (χ4v) is 2.49. The Morgan fingerprint density at radius 1 is 0.800 bits per heavy atom. The van der Waals surface area contributed by atoms with Crippen molar-refractivity contribution in [3.05, 3.63) is 65.7 Å². The Morgan fingerprint density at radius 3 is 1.80 bits per heavy atom. The van der Waals surface area contributed by atoms with Crippen LogP contribution in [0.2, 0.25) is 0 Å². The fraction of sp³-hybridized carbons (Fsp3) is 0.250. The van der Waals surface area contributed by atoms with E-state index >= 15 is 0 Å². The summed E-state index contributed by atoms with van der Waals surface area (Å²) in [5.41, 5.74) is 0.968. The summed E-state index contributed by atoms with van der Waals surface area (Å²) in [4.78, 5) is 36.8. The van der Waals surface area contributed by atoms with E-state index in [9.17, 15) is 14.4 Å². The number of Topliss-reactive ketones (excluding diaryl/α,β-unsaturated/α-hetero) is 2. The van der Waals surface area contributed by atoms with E-state index in [4.69, 9.17) is 9.47 Å². The Bertz CT molecular complexity index is 734. The molecule has 0 aliphatic carbocycles. The molecule has 1 unspecified atom stereocenters. The van der Waals surface area contributed by atoms with Gasteiger partial charge >= 0.3 is 5.97 Å². The molecular weight excluding hydrogens is 320 g/mol. The summed E-state index contributed by atoms with van der Waals surface area (Å²) >= 11 is 0. The molecule has 2 aromatic carbocycles. The Morgan fingerprint density at radius 2 is 1.32 bits per heavy atom. The quantitative estimate of drug-likeness (QED) is 0.544. The van der Waals surface area contributed by atoms with Gasteiger partial charge in [0, 0.05) is 24.0 Å². The summed E-state index contributed by atoms with van der Waals surface area (Å²) < 4.78 is 9.82. The van der Waals surface area contributed by atoms with Crippen LogP contribution in [0.5, 0.6) is 5.75 Å². The van der Waals surface area contributed by atoms with Gasteiger partial charge in [0.25, 0.3) is 0 Å². The summed E-state index contributed by atoms with van der Waals surface area (Å²) in [6.45, 7) is 0. The van der Waals surface area contributed by atoms with Crippen molar-refractivity contribution in [1.82, 2.24) is 0 Å². The zero-order valence-electron chi connectivity index (χ0n) is 14.2.